The molecule has 2 heterocycles. The van der Waals surface area contributed by atoms with Gasteiger partial charge in [0.15, 0.2) is 0 Å². The highest BCUT2D eigenvalue weighted by atomic mass is 16.5. The van der Waals surface area contributed by atoms with E-state index < -0.39 is 0 Å². The van der Waals surface area contributed by atoms with Crippen molar-refractivity contribution in [3.63, 3.8) is 0 Å². The molecule has 0 aromatic heterocycles. The Labute approximate surface area is 103 Å². The van der Waals surface area contributed by atoms with Gasteiger partial charge in [-0.15, -0.1) is 0 Å². The van der Waals surface area contributed by atoms with E-state index in [1.165, 1.54) is 0 Å². The lowest BCUT2D eigenvalue weighted by Crippen LogP contribution is -2.44. The summed E-state index contributed by atoms with van der Waals surface area (Å²) in [5.74, 6) is 0.243. The minimum absolute atomic E-state index is 0.0200. The van der Waals surface area contributed by atoms with Gasteiger partial charge in [0.2, 0.25) is 0 Å². The third kappa shape index (κ3) is 2.80. The summed E-state index contributed by atoms with van der Waals surface area (Å²) in [5.41, 5.74) is 0. The van der Waals surface area contributed by atoms with Crippen LogP contribution in [0, 0.1) is 5.92 Å². The number of carbonyl (C=O) groups excluding carboxylic acids is 1. The molecule has 4 heteroatoms. The van der Waals surface area contributed by atoms with Crippen LogP contribution in [0.3, 0.4) is 0 Å². The Kier molecular flexibility index (Phi) is 3.73. The summed E-state index contributed by atoms with van der Waals surface area (Å²) in [6, 6.07) is 0.584. The molecule has 0 aliphatic carbocycles. The predicted octanol–water partition coefficient (Wildman–Crippen LogP) is 1.17. The Morgan fingerprint density at radius 2 is 2.12 bits per heavy atom. The SMILES string of the molecule is CC(C)CC(=O)O[C@H]1C[C@@H]2C[C@@H](O)C[C@H]1N2C. The molecule has 1 N–H and O–H groups in total. The maximum Gasteiger partial charge on any atom is 0.306 e. The Bertz CT molecular complexity index is 292. The summed E-state index contributed by atoms with van der Waals surface area (Å²) in [6.07, 6.45) is 2.66. The van der Waals surface area contributed by atoms with Gasteiger partial charge in [-0.3, -0.25) is 9.69 Å². The van der Waals surface area contributed by atoms with Gasteiger partial charge in [-0.2, -0.15) is 0 Å². The second-order valence-corrected chi connectivity index (χ2v) is 5.87. The molecule has 2 rings (SSSR count). The fourth-order valence-electron chi connectivity index (χ4n) is 3.07. The zero-order chi connectivity index (χ0) is 12.6. The van der Waals surface area contributed by atoms with Gasteiger partial charge in [-0.25, -0.2) is 0 Å². The van der Waals surface area contributed by atoms with Crippen molar-refractivity contribution < 1.29 is 14.6 Å². The molecule has 2 aliphatic heterocycles. The Balaban J connectivity index is 1.92. The molecule has 2 bridgehead atoms. The van der Waals surface area contributed by atoms with Crippen molar-refractivity contribution in [3.05, 3.63) is 0 Å². The van der Waals surface area contributed by atoms with Crippen LogP contribution in [0.15, 0.2) is 0 Å². The molecule has 0 radical (unpaired) electrons. The Morgan fingerprint density at radius 1 is 1.41 bits per heavy atom. The minimum Gasteiger partial charge on any atom is -0.461 e. The number of ether oxygens (including phenoxy) is 1. The number of hydrogen-bond acceptors (Lipinski definition) is 4. The molecule has 0 aromatic carbocycles. The van der Waals surface area contributed by atoms with Crippen LogP contribution in [-0.2, 0) is 9.53 Å². The first kappa shape index (κ1) is 12.8. The zero-order valence-electron chi connectivity index (χ0n) is 10.9. The average Bonchev–Trinajstić information content (AvgIpc) is 2.40. The van der Waals surface area contributed by atoms with Crippen molar-refractivity contribution in [3.8, 4) is 0 Å². The molecule has 2 saturated heterocycles. The number of likely N-dealkylation sites (N-methyl/N-ethyl adjacent to an activating group) is 1. The summed E-state index contributed by atoms with van der Waals surface area (Å²) < 4.78 is 5.56. The lowest BCUT2D eigenvalue weighted by molar-refractivity contribution is -0.151. The normalized spacial score (nSPS) is 37.5. The lowest BCUT2D eigenvalue weighted by atomic mass is 10.0. The van der Waals surface area contributed by atoms with Gasteiger partial charge in [0, 0.05) is 24.9 Å². The van der Waals surface area contributed by atoms with Crippen molar-refractivity contribution in [1.29, 1.82) is 0 Å². The third-order valence-electron chi connectivity index (χ3n) is 3.95. The van der Waals surface area contributed by atoms with Crippen LogP contribution in [0.4, 0.5) is 0 Å². The number of nitrogens with zero attached hydrogens (tertiary/aromatic N) is 1. The maximum absolute atomic E-state index is 11.7. The second kappa shape index (κ2) is 4.94. The van der Waals surface area contributed by atoms with E-state index in [1.54, 1.807) is 0 Å². The van der Waals surface area contributed by atoms with Crippen LogP contribution in [0.2, 0.25) is 0 Å². The summed E-state index contributed by atoms with van der Waals surface area (Å²) in [7, 11) is 2.07. The van der Waals surface area contributed by atoms with Crippen molar-refractivity contribution in [1.82, 2.24) is 4.90 Å². The van der Waals surface area contributed by atoms with Crippen LogP contribution in [0.5, 0.6) is 0 Å². The van der Waals surface area contributed by atoms with E-state index in [2.05, 4.69) is 11.9 Å². The quantitative estimate of drug-likeness (QED) is 0.754. The fraction of sp³-hybridized carbons (Fsp3) is 0.923. The number of rotatable bonds is 3. The highest BCUT2D eigenvalue weighted by molar-refractivity contribution is 5.69. The van der Waals surface area contributed by atoms with E-state index in [1.807, 2.05) is 13.8 Å². The van der Waals surface area contributed by atoms with Crippen LogP contribution >= 0.6 is 0 Å². The minimum atomic E-state index is -0.227. The number of piperidine rings is 1. The molecule has 17 heavy (non-hydrogen) atoms. The first-order chi connectivity index (χ1) is 7.97. The van der Waals surface area contributed by atoms with Crippen molar-refractivity contribution in [2.45, 2.75) is 63.8 Å². The highest BCUT2D eigenvalue weighted by Gasteiger charge is 2.46. The number of hydrogen-bond donors (Lipinski definition) is 1. The molecule has 2 fully saturated rings. The van der Waals surface area contributed by atoms with E-state index in [0.717, 1.165) is 19.3 Å². The van der Waals surface area contributed by atoms with Gasteiger partial charge in [-0.1, -0.05) is 13.8 Å². The van der Waals surface area contributed by atoms with Crippen LogP contribution < -0.4 is 0 Å². The third-order valence-corrected chi connectivity index (χ3v) is 3.95. The van der Waals surface area contributed by atoms with Crippen molar-refractivity contribution in [2.24, 2.45) is 5.92 Å². The molecular formula is C13H23NO3. The number of aliphatic hydroxyl groups is 1. The molecule has 4 atom stereocenters. The lowest BCUT2D eigenvalue weighted by Gasteiger charge is -2.34. The van der Waals surface area contributed by atoms with Crippen molar-refractivity contribution >= 4 is 5.97 Å². The largest absolute Gasteiger partial charge is 0.461 e. The van der Waals surface area contributed by atoms with Gasteiger partial charge in [0.1, 0.15) is 6.10 Å². The standard InChI is InChI=1S/C13H23NO3/c1-8(2)4-13(16)17-12-6-9-5-10(15)7-11(12)14(9)3/h8-12,15H,4-7H2,1-3H3/t9-,10+,11+,12-/m0/s1. The number of fused-ring (bicyclic) bond motifs is 2. The molecule has 0 unspecified atom stereocenters. The Morgan fingerprint density at radius 3 is 2.76 bits per heavy atom. The first-order valence-electron chi connectivity index (χ1n) is 6.57. The van der Waals surface area contributed by atoms with E-state index in [9.17, 15) is 9.90 Å². The molecule has 2 aliphatic rings. The monoisotopic (exact) mass is 241 g/mol. The average molecular weight is 241 g/mol. The van der Waals surface area contributed by atoms with Crippen LogP contribution in [-0.4, -0.2) is 47.3 Å². The molecule has 0 spiro atoms. The Hall–Kier alpha value is -0.610. The fourth-order valence-corrected chi connectivity index (χ4v) is 3.07. The van der Waals surface area contributed by atoms with E-state index in [4.69, 9.17) is 4.74 Å². The summed E-state index contributed by atoms with van der Waals surface area (Å²) in [6.45, 7) is 4.04. The zero-order valence-corrected chi connectivity index (χ0v) is 10.9. The van der Waals surface area contributed by atoms with Crippen LogP contribution in [0.1, 0.15) is 39.5 Å². The van der Waals surface area contributed by atoms with Gasteiger partial charge >= 0.3 is 5.97 Å². The summed E-state index contributed by atoms with van der Waals surface area (Å²) >= 11 is 0. The first-order valence-corrected chi connectivity index (χ1v) is 6.57. The molecule has 0 amide bonds. The molecule has 4 nitrogen and oxygen atoms in total. The highest BCUT2D eigenvalue weighted by Crippen LogP contribution is 2.36. The van der Waals surface area contributed by atoms with Crippen LogP contribution in [0.25, 0.3) is 0 Å². The number of aliphatic hydroxyl groups excluding tert-OH is 1. The smallest absolute Gasteiger partial charge is 0.306 e. The van der Waals surface area contributed by atoms with Gasteiger partial charge < -0.3 is 9.84 Å². The summed E-state index contributed by atoms with van der Waals surface area (Å²) in [5, 5.41) is 9.74. The second-order valence-electron chi connectivity index (χ2n) is 5.87. The molecular weight excluding hydrogens is 218 g/mol. The van der Waals surface area contributed by atoms with E-state index >= 15 is 0 Å². The topological polar surface area (TPSA) is 49.8 Å². The maximum atomic E-state index is 11.7. The molecule has 98 valence electrons. The predicted molar refractivity (Wildman–Crippen MR) is 64.5 cm³/mol. The molecule has 0 saturated carbocycles. The van der Waals surface area contributed by atoms with Gasteiger partial charge in [0.25, 0.3) is 0 Å². The summed E-state index contributed by atoms with van der Waals surface area (Å²) in [4.78, 5) is 13.9. The van der Waals surface area contributed by atoms with E-state index in [0.29, 0.717) is 18.4 Å². The molecule has 0 aromatic rings. The van der Waals surface area contributed by atoms with E-state index in [-0.39, 0.29) is 24.2 Å². The van der Waals surface area contributed by atoms with Gasteiger partial charge in [0.05, 0.1) is 6.10 Å². The number of esters is 1. The van der Waals surface area contributed by atoms with Gasteiger partial charge in [-0.05, 0) is 25.8 Å². The van der Waals surface area contributed by atoms with Crippen molar-refractivity contribution in [2.75, 3.05) is 7.05 Å². The number of carbonyl (C=O) groups is 1.